The Balaban J connectivity index is 2.59. The number of methoxy groups -OCH3 is 1. The van der Waals surface area contributed by atoms with Gasteiger partial charge in [0.2, 0.25) is 0 Å². The fraction of sp³-hybridized carbons (Fsp3) is 0.455. The molecule has 2 N–H and O–H groups in total. The Morgan fingerprint density at radius 2 is 2.06 bits per heavy atom. The summed E-state index contributed by atoms with van der Waals surface area (Å²) in [4.78, 5) is 0. The van der Waals surface area contributed by atoms with E-state index >= 15 is 0 Å². The van der Waals surface area contributed by atoms with Gasteiger partial charge in [-0.25, -0.2) is 0 Å². The molecule has 3 nitrogen and oxygen atoms in total. The Bertz CT molecular complexity index is 398. The maximum absolute atomic E-state index is 11.9. The monoisotopic (exact) mass is 283 g/mol. The lowest BCUT2D eigenvalue weighted by molar-refractivity contribution is -0.174. The number of alkyl halides is 3. The van der Waals surface area contributed by atoms with Gasteiger partial charge in [-0.1, -0.05) is 17.7 Å². The average molecular weight is 284 g/mol. The van der Waals surface area contributed by atoms with Crippen LogP contribution in [0.15, 0.2) is 18.2 Å². The van der Waals surface area contributed by atoms with Crippen LogP contribution in [0.1, 0.15) is 11.6 Å². The summed E-state index contributed by atoms with van der Waals surface area (Å²) in [6.07, 6.45) is -4.36. The number of ether oxygens (including phenoxy) is 2. The molecule has 0 amide bonds. The van der Waals surface area contributed by atoms with Crippen LogP contribution in [0, 0.1) is 0 Å². The van der Waals surface area contributed by atoms with E-state index in [0.29, 0.717) is 16.3 Å². The van der Waals surface area contributed by atoms with Crippen LogP contribution in [0.4, 0.5) is 13.2 Å². The summed E-state index contributed by atoms with van der Waals surface area (Å²) in [5, 5.41) is 0.331. The third kappa shape index (κ3) is 4.72. The molecular weight excluding hydrogens is 271 g/mol. The number of hydrogen-bond acceptors (Lipinski definition) is 3. The molecule has 1 rings (SSSR count). The molecule has 0 saturated carbocycles. The highest BCUT2D eigenvalue weighted by Crippen LogP contribution is 2.26. The first-order valence-electron chi connectivity index (χ1n) is 5.07. The Hall–Kier alpha value is -0.980. The van der Waals surface area contributed by atoms with Crippen molar-refractivity contribution in [1.29, 1.82) is 0 Å². The SMILES string of the molecule is COc1ccc(C(N)COCC(F)(F)F)c(Cl)c1. The normalized spacial score (nSPS) is 13.4. The molecular formula is C11H13ClF3NO2. The minimum Gasteiger partial charge on any atom is -0.497 e. The van der Waals surface area contributed by atoms with E-state index in [1.807, 2.05) is 0 Å². The zero-order chi connectivity index (χ0) is 13.8. The summed E-state index contributed by atoms with van der Waals surface area (Å²) >= 11 is 5.93. The second-order valence-electron chi connectivity index (χ2n) is 3.62. The molecule has 0 radical (unpaired) electrons. The molecule has 102 valence electrons. The van der Waals surface area contributed by atoms with E-state index in [0.717, 1.165) is 0 Å². The Kier molecular flexibility index (Phi) is 5.25. The van der Waals surface area contributed by atoms with Gasteiger partial charge < -0.3 is 15.2 Å². The molecule has 1 aromatic carbocycles. The average Bonchev–Trinajstić information content (AvgIpc) is 2.26. The molecule has 0 spiro atoms. The lowest BCUT2D eigenvalue weighted by Gasteiger charge is -2.15. The second kappa shape index (κ2) is 6.26. The van der Waals surface area contributed by atoms with Crippen LogP contribution in [0.5, 0.6) is 5.75 Å². The third-order valence-electron chi connectivity index (χ3n) is 2.17. The van der Waals surface area contributed by atoms with Gasteiger partial charge in [0, 0.05) is 5.02 Å². The fourth-order valence-electron chi connectivity index (χ4n) is 1.33. The van der Waals surface area contributed by atoms with E-state index in [1.165, 1.54) is 7.11 Å². The summed E-state index contributed by atoms with van der Waals surface area (Å²) in [5.74, 6) is 0.548. The first kappa shape index (κ1) is 15.1. The Morgan fingerprint density at radius 1 is 1.39 bits per heavy atom. The van der Waals surface area contributed by atoms with Crippen LogP contribution in [-0.2, 0) is 4.74 Å². The van der Waals surface area contributed by atoms with Gasteiger partial charge in [0.05, 0.1) is 19.8 Å². The number of halogens is 4. The van der Waals surface area contributed by atoms with E-state index in [-0.39, 0.29) is 6.61 Å². The van der Waals surface area contributed by atoms with Crippen LogP contribution >= 0.6 is 11.6 Å². The van der Waals surface area contributed by atoms with Gasteiger partial charge in [-0.3, -0.25) is 0 Å². The summed E-state index contributed by atoms with van der Waals surface area (Å²) in [6.45, 7) is -1.58. The molecule has 0 heterocycles. The molecule has 0 aromatic heterocycles. The van der Waals surface area contributed by atoms with Crippen molar-refractivity contribution in [1.82, 2.24) is 0 Å². The van der Waals surface area contributed by atoms with Gasteiger partial charge in [-0.15, -0.1) is 0 Å². The fourth-order valence-corrected chi connectivity index (χ4v) is 1.64. The summed E-state index contributed by atoms with van der Waals surface area (Å²) < 4.78 is 45.1. The molecule has 0 bridgehead atoms. The van der Waals surface area contributed by atoms with Gasteiger partial charge in [0.1, 0.15) is 12.4 Å². The molecule has 0 aliphatic rings. The van der Waals surface area contributed by atoms with Crippen LogP contribution in [0.25, 0.3) is 0 Å². The largest absolute Gasteiger partial charge is 0.497 e. The smallest absolute Gasteiger partial charge is 0.411 e. The summed E-state index contributed by atoms with van der Waals surface area (Å²) in [7, 11) is 1.48. The van der Waals surface area contributed by atoms with E-state index in [4.69, 9.17) is 22.1 Å². The van der Waals surface area contributed by atoms with Gasteiger partial charge in [-0.05, 0) is 17.7 Å². The quantitative estimate of drug-likeness (QED) is 0.904. The van der Waals surface area contributed by atoms with E-state index in [2.05, 4.69) is 4.74 Å². The van der Waals surface area contributed by atoms with Crippen molar-refractivity contribution in [3.05, 3.63) is 28.8 Å². The predicted molar refractivity (Wildman–Crippen MR) is 61.8 cm³/mol. The highest BCUT2D eigenvalue weighted by Gasteiger charge is 2.27. The minimum atomic E-state index is -4.36. The van der Waals surface area contributed by atoms with Crippen LogP contribution in [-0.4, -0.2) is 26.5 Å². The number of nitrogens with two attached hydrogens (primary N) is 1. The van der Waals surface area contributed by atoms with Gasteiger partial charge >= 0.3 is 6.18 Å². The van der Waals surface area contributed by atoms with Gasteiger partial charge in [0.15, 0.2) is 0 Å². The van der Waals surface area contributed by atoms with Gasteiger partial charge in [0.25, 0.3) is 0 Å². The maximum atomic E-state index is 11.9. The minimum absolute atomic E-state index is 0.258. The first-order chi connectivity index (χ1) is 8.33. The summed E-state index contributed by atoms with van der Waals surface area (Å²) in [5.41, 5.74) is 6.21. The van der Waals surface area contributed by atoms with E-state index in [1.54, 1.807) is 18.2 Å². The molecule has 0 aliphatic heterocycles. The third-order valence-corrected chi connectivity index (χ3v) is 2.50. The molecule has 0 fully saturated rings. The first-order valence-corrected chi connectivity index (χ1v) is 5.45. The molecule has 0 saturated heterocycles. The molecule has 18 heavy (non-hydrogen) atoms. The standard InChI is InChI=1S/C11H13ClF3NO2/c1-17-7-2-3-8(9(12)4-7)10(16)5-18-6-11(13,14)15/h2-4,10H,5-6,16H2,1H3. The number of hydrogen-bond donors (Lipinski definition) is 1. The topological polar surface area (TPSA) is 44.5 Å². The van der Waals surface area contributed by atoms with Crippen molar-refractivity contribution >= 4 is 11.6 Å². The molecule has 1 atom stereocenters. The lowest BCUT2D eigenvalue weighted by Crippen LogP contribution is -2.23. The summed E-state index contributed by atoms with van der Waals surface area (Å²) in [6, 6.07) is 4.06. The molecule has 7 heteroatoms. The van der Waals surface area contributed by atoms with E-state index in [9.17, 15) is 13.2 Å². The van der Waals surface area contributed by atoms with Crippen molar-refractivity contribution in [3.8, 4) is 5.75 Å². The molecule has 0 aliphatic carbocycles. The van der Waals surface area contributed by atoms with Crippen molar-refractivity contribution in [2.75, 3.05) is 20.3 Å². The van der Waals surface area contributed by atoms with Crippen molar-refractivity contribution in [2.45, 2.75) is 12.2 Å². The maximum Gasteiger partial charge on any atom is 0.411 e. The number of rotatable bonds is 5. The van der Waals surface area contributed by atoms with Crippen molar-refractivity contribution < 1.29 is 22.6 Å². The second-order valence-corrected chi connectivity index (χ2v) is 4.03. The van der Waals surface area contributed by atoms with Crippen LogP contribution in [0.3, 0.4) is 0 Å². The van der Waals surface area contributed by atoms with Crippen molar-refractivity contribution in [3.63, 3.8) is 0 Å². The van der Waals surface area contributed by atoms with Crippen LogP contribution < -0.4 is 10.5 Å². The van der Waals surface area contributed by atoms with E-state index < -0.39 is 18.8 Å². The highest BCUT2D eigenvalue weighted by molar-refractivity contribution is 6.31. The molecule has 1 unspecified atom stereocenters. The zero-order valence-electron chi connectivity index (χ0n) is 9.63. The lowest BCUT2D eigenvalue weighted by atomic mass is 10.1. The predicted octanol–water partition coefficient (Wildman–Crippen LogP) is 2.93. The van der Waals surface area contributed by atoms with Crippen molar-refractivity contribution in [2.24, 2.45) is 5.73 Å². The Morgan fingerprint density at radius 3 is 2.56 bits per heavy atom. The number of benzene rings is 1. The van der Waals surface area contributed by atoms with Crippen LogP contribution in [0.2, 0.25) is 5.02 Å². The zero-order valence-corrected chi connectivity index (χ0v) is 10.4. The molecule has 1 aromatic rings. The van der Waals surface area contributed by atoms with Gasteiger partial charge in [-0.2, -0.15) is 13.2 Å². The Labute approximate surface area is 108 Å². The highest BCUT2D eigenvalue weighted by atomic mass is 35.5.